The van der Waals surface area contributed by atoms with Crippen molar-refractivity contribution in [2.45, 2.75) is 18.8 Å². The molecule has 1 heterocycles. The zero-order valence-corrected chi connectivity index (χ0v) is 9.03. The minimum absolute atomic E-state index is 0.797. The minimum Gasteiger partial charge on any atom is -0.358 e. The topological polar surface area (TPSA) is 15.8 Å². The Bertz CT molecular complexity index is 674. The van der Waals surface area contributed by atoms with Crippen LogP contribution in [0.15, 0.2) is 42.5 Å². The third-order valence-electron chi connectivity index (χ3n) is 3.56. The minimum atomic E-state index is 0.797. The van der Waals surface area contributed by atoms with Gasteiger partial charge in [-0.1, -0.05) is 36.4 Å². The molecule has 1 aromatic heterocycles. The molecule has 0 spiro atoms. The van der Waals surface area contributed by atoms with Gasteiger partial charge >= 0.3 is 0 Å². The molecule has 3 aromatic rings. The maximum absolute atomic E-state index is 3.60. The highest BCUT2D eigenvalue weighted by Gasteiger charge is 2.25. The van der Waals surface area contributed by atoms with Gasteiger partial charge in [0, 0.05) is 16.5 Å². The fourth-order valence-electron chi connectivity index (χ4n) is 2.51. The zero-order valence-electron chi connectivity index (χ0n) is 9.03. The Kier molecular flexibility index (Phi) is 1.51. The summed E-state index contributed by atoms with van der Waals surface area (Å²) in [5.74, 6) is 0.797. The lowest BCUT2D eigenvalue weighted by Gasteiger charge is -1.98. The van der Waals surface area contributed by atoms with E-state index in [-0.39, 0.29) is 0 Å². The molecule has 0 radical (unpaired) electrons. The number of aromatic nitrogens is 1. The highest BCUT2D eigenvalue weighted by Crippen LogP contribution is 2.41. The third kappa shape index (κ3) is 1.12. The molecule has 0 atom stereocenters. The van der Waals surface area contributed by atoms with Gasteiger partial charge in [-0.3, -0.25) is 0 Å². The van der Waals surface area contributed by atoms with Crippen LogP contribution >= 0.6 is 0 Å². The van der Waals surface area contributed by atoms with E-state index in [2.05, 4.69) is 47.4 Å². The van der Waals surface area contributed by atoms with Crippen LogP contribution in [0.5, 0.6) is 0 Å². The van der Waals surface area contributed by atoms with Gasteiger partial charge in [-0.15, -0.1) is 0 Å². The van der Waals surface area contributed by atoms with E-state index >= 15 is 0 Å². The third-order valence-corrected chi connectivity index (χ3v) is 3.56. The van der Waals surface area contributed by atoms with E-state index in [1.807, 2.05) is 0 Å². The number of benzene rings is 2. The summed E-state index contributed by atoms with van der Waals surface area (Å²) in [6.45, 7) is 0. The van der Waals surface area contributed by atoms with Gasteiger partial charge in [-0.25, -0.2) is 0 Å². The van der Waals surface area contributed by atoms with Crippen LogP contribution in [-0.4, -0.2) is 4.98 Å². The molecule has 1 heteroatoms. The highest BCUT2D eigenvalue weighted by molar-refractivity contribution is 6.05. The van der Waals surface area contributed by atoms with E-state index < -0.39 is 0 Å². The lowest BCUT2D eigenvalue weighted by molar-refractivity contribution is 1.06. The quantitative estimate of drug-likeness (QED) is 0.615. The second-order valence-electron chi connectivity index (χ2n) is 4.75. The van der Waals surface area contributed by atoms with E-state index in [4.69, 9.17) is 0 Å². The molecule has 1 saturated carbocycles. The Morgan fingerprint density at radius 2 is 1.75 bits per heavy atom. The average molecular weight is 207 g/mol. The van der Waals surface area contributed by atoms with Gasteiger partial charge in [0.1, 0.15) is 0 Å². The lowest BCUT2D eigenvalue weighted by Crippen LogP contribution is -1.77. The predicted molar refractivity (Wildman–Crippen MR) is 67.8 cm³/mol. The van der Waals surface area contributed by atoms with Crippen molar-refractivity contribution in [1.82, 2.24) is 4.98 Å². The maximum atomic E-state index is 3.60. The first-order valence-electron chi connectivity index (χ1n) is 5.92. The monoisotopic (exact) mass is 207 g/mol. The molecule has 1 nitrogen and oxygen atoms in total. The second-order valence-corrected chi connectivity index (χ2v) is 4.75. The number of hydrogen-bond acceptors (Lipinski definition) is 0. The van der Waals surface area contributed by atoms with Gasteiger partial charge < -0.3 is 4.98 Å². The Balaban J connectivity index is 2.11. The van der Waals surface area contributed by atoms with Crippen LogP contribution in [0.2, 0.25) is 0 Å². The summed E-state index contributed by atoms with van der Waals surface area (Å²) in [7, 11) is 0. The summed E-state index contributed by atoms with van der Waals surface area (Å²) in [5.41, 5.74) is 2.73. The fourth-order valence-corrected chi connectivity index (χ4v) is 2.51. The van der Waals surface area contributed by atoms with Crippen LogP contribution in [0.25, 0.3) is 21.7 Å². The second kappa shape index (κ2) is 2.88. The normalized spacial score (nSPS) is 16.0. The number of nitrogens with one attached hydrogen (secondary N) is 1. The Labute approximate surface area is 94.1 Å². The highest BCUT2D eigenvalue weighted by atomic mass is 14.7. The van der Waals surface area contributed by atoms with Crippen LogP contribution in [0.1, 0.15) is 24.5 Å². The molecule has 1 aliphatic carbocycles. The lowest BCUT2D eigenvalue weighted by atomic mass is 10.1. The maximum Gasteiger partial charge on any atom is 0.0535 e. The van der Waals surface area contributed by atoms with Crippen LogP contribution in [0.4, 0.5) is 0 Å². The molecule has 1 fully saturated rings. The van der Waals surface area contributed by atoms with Crippen molar-refractivity contribution in [1.29, 1.82) is 0 Å². The molecule has 0 saturated heterocycles. The predicted octanol–water partition coefficient (Wildman–Crippen LogP) is 4.20. The van der Waals surface area contributed by atoms with Crippen LogP contribution < -0.4 is 0 Å². The molecule has 0 amide bonds. The number of H-pyrrole nitrogens is 1. The first-order chi connectivity index (χ1) is 7.92. The van der Waals surface area contributed by atoms with Crippen LogP contribution in [0.3, 0.4) is 0 Å². The molecular formula is C15H13N. The van der Waals surface area contributed by atoms with Crippen molar-refractivity contribution in [3.05, 3.63) is 48.2 Å². The van der Waals surface area contributed by atoms with Gasteiger partial charge in [0.2, 0.25) is 0 Å². The van der Waals surface area contributed by atoms with Gasteiger partial charge in [-0.05, 0) is 30.2 Å². The summed E-state index contributed by atoms with van der Waals surface area (Å²) < 4.78 is 0. The van der Waals surface area contributed by atoms with Gasteiger partial charge in [0.15, 0.2) is 0 Å². The molecule has 78 valence electrons. The molecule has 0 bridgehead atoms. The van der Waals surface area contributed by atoms with Crippen LogP contribution in [-0.2, 0) is 0 Å². The van der Waals surface area contributed by atoms with Crippen molar-refractivity contribution >= 4 is 21.7 Å². The van der Waals surface area contributed by atoms with Crippen molar-refractivity contribution < 1.29 is 0 Å². The first kappa shape index (κ1) is 8.40. The smallest absolute Gasteiger partial charge is 0.0535 e. The molecule has 4 rings (SSSR count). The van der Waals surface area contributed by atoms with Crippen molar-refractivity contribution in [2.24, 2.45) is 0 Å². The molecule has 1 aliphatic rings. The summed E-state index contributed by atoms with van der Waals surface area (Å²) in [5, 5.41) is 4.01. The average Bonchev–Trinajstić information content (AvgIpc) is 3.08. The summed E-state index contributed by atoms with van der Waals surface area (Å²) >= 11 is 0. The van der Waals surface area contributed by atoms with Crippen molar-refractivity contribution in [3.63, 3.8) is 0 Å². The van der Waals surface area contributed by atoms with E-state index in [1.54, 1.807) is 0 Å². The van der Waals surface area contributed by atoms with Gasteiger partial charge in [0.05, 0.1) is 5.52 Å². The standard InChI is InChI=1S/C15H13N/c1-2-4-13-10(3-1)5-8-12-9-14(11-6-7-11)16-15(12)13/h1-5,8-9,11,16H,6-7H2. The molecule has 16 heavy (non-hydrogen) atoms. The van der Waals surface area contributed by atoms with Gasteiger partial charge in [0.25, 0.3) is 0 Å². The summed E-state index contributed by atoms with van der Waals surface area (Å²) in [4.78, 5) is 3.60. The fraction of sp³-hybridized carbons (Fsp3) is 0.200. The number of hydrogen-bond donors (Lipinski definition) is 1. The molecular weight excluding hydrogens is 194 g/mol. The largest absolute Gasteiger partial charge is 0.358 e. The van der Waals surface area contributed by atoms with E-state index in [9.17, 15) is 0 Å². The van der Waals surface area contributed by atoms with Crippen LogP contribution in [0, 0.1) is 0 Å². The summed E-state index contributed by atoms with van der Waals surface area (Å²) in [6, 6.07) is 15.3. The number of aromatic amines is 1. The molecule has 1 N–H and O–H groups in total. The molecule has 0 unspecified atom stereocenters. The summed E-state index contributed by atoms with van der Waals surface area (Å²) in [6.07, 6.45) is 2.70. The Morgan fingerprint density at radius 1 is 0.938 bits per heavy atom. The van der Waals surface area contributed by atoms with Crippen molar-refractivity contribution in [3.8, 4) is 0 Å². The zero-order chi connectivity index (χ0) is 10.5. The van der Waals surface area contributed by atoms with Gasteiger partial charge in [-0.2, -0.15) is 0 Å². The van der Waals surface area contributed by atoms with E-state index in [0.717, 1.165) is 5.92 Å². The van der Waals surface area contributed by atoms with E-state index in [1.165, 1.54) is 40.2 Å². The number of rotatable bonds is 1. The Morgan fingerprint density at radius 3 is 2.62 bits per heavy atom. The SMILES string of the molecule is c1ccc2c(c1)ccc1cc(C3CC3)[nH]c12. The number of fused-ring (bicyclic) bond motifs is 3. The molecule has 0 aliphatic heterocycles. The Hall–Kier alpha value is -1.76. The van der Waals surface area contributed by atoms with Crippen molar-refractivity contribution in [2.75, 3.05) is 0 Å². The van der Waals surface area contributed by atoms with E-state index in [0.29, 0.717) is 0 Å². The first-order valence-corrected chi connectivity index (χ1v) is 5.92. The molecule has 2 aromatic carbocycles.